The van der Waals surface area contributed by atoms with Gasteiger partial charge in [-0.1, -0.05) is 0 Å². The Morgan fingerprint density at radius 2 is 1.73 bits per heavy atom. The Morgan fingerprint density at radius 3 is 2.18 bits per heavy atom. The van der Waals surface area contributed by atoms with Gasteiger partial charge in [0.15, 0.2) is 0 Å². The SMILES string of the molecule is N[C@]12C[C@@H]3C[C@@H](C[C@H](C3)O1)C2. The fourth-order valence-electron chi connectivity index (χ4n) is 3.42. The molecule has 2 aliphatic carbocycles. The lowest BCUT2D eigenvalue weighted by molar-refractivity contribution is -0.216. The van der Waals surface area contributed by atoms with E-state index in [0.29, 0.717) is 6.10 Å². The summed E-state index contributed by atoms with van der Waals surface area (Å²) in [5.74, 6) is 1.79. The average Bonchev–Trinajstić information content (AvgIpc) is 1.79. The molecule has 0 radical (unpaired) electrons. The molecule has 62 valence electrons. The summed E-state index contributed by atoms with van der Waals surface area (Å²) < 4.78 is 5.79. The Kier molecular flexibility index (Phi) is 1.06. The van der Waals surface area contributed by atoms with Gasteiger partial charge in [0, 0.05) is 0 Å². The Bertz CT molecular complexity index is 155. The molecule has 0 unspecified atom stereocenters. The van der Waals surface area contributed by atoms with Gasteiger partial charge in [-0.3, -0.25) is 0 Å². The predicted molar refractivity (Wildman–Crippen MR) is 41.9 cm³/mol. The quantitative estimate of drug-likeness (QED) is 0.568. The lowest BCUT2D eigenvalue weighted by Crippen LogP contribution is -2.59. The monoisotopic (exact) mass is 153 g/mol. The first kappa shape index (κ1) is 6.44. The van der Waals surface area contributed by atoms with Gasteiger partial charge in [0.1, 0.15) is 5.72 Å². The highest BCUT2D eigenvalue weighted by atomic mass is 16.5. The van der Waals surface area contributed by atoms with E-state index < -0.39 is 0 Å². The van der Waals surface area contributed by atoms with Crippen LogP contribution >= 0.6 is 0 Å². The summed E-state index contributed by atoms with van der Waals surface area (Å²) in [4.78, 5) is 0. The maximum atomic E-state index is 6.10. The molecule has 4 bridgehead atoms. The van der Waals surface area contributed by atoms with Gasteiger partial charge in [0.2, 0.25) is 0 Å². The van der Waals surface area contributed by atoms with E-state index in [0.717, 1.165) is 24.7 Å². The number of ether oxygens (including phenoxy) is 1. The highest BCUT2D eigenvalue weighted by molar-refractivity contribution is 4.98. The van der Waals surface area contributed by atoms with Crippen molar-refractivity contribution < 1.29 is 4.74 Å². The second-order valence-corrected chi connectivity index (χ2v) is 4.65. The van der Waals surface area contributed by atoms with Crippen LogP contribution in [0.5, 0.6) is 0 Å². The van der Waals surface area contributed by atoms with Crippen LogP contribution in [0.2, 0.25) is 0 Å². The van der Waals surface area contributed by atoms with Crippen molar-refractivity contribution in [2.24, 2.45) is 17.6 Å². The standard InChI is InChI=1S/C9H15NO/c10-9-4-6-1-7(5-9)3-8(2-6)11-9/h6-8H,1-5,10H2/t6-,7+,8+,9-. The molecule has 4 fully saturated rings. The molecule has 2 saturated carbocycles. The second kappa shape index (κ2) is 1.80. The zero-order valence-corrected chi connectivity index (χ0v) is 6.75. The summed E-state index contributed by atoms with van der Waals surface area (Å²) in [6.07, 6.45) is 6.77. The van der Waals surface area contributed by atoms with E-state index in [1.165, 1.54) is 19.3 Å². The van der Waals surface area contributed by atoms with Crippen LogP contribution in [0.15, 0.2) is 0 Å². The number of hydrogen-bond donors (Lipinski definition) is 1. The number of rotatable bonds is 0. The third-order valence-electron chi connectivity index (χ3n) is 3.53. The van der Waals surface area contributed by atoms with Crippen molar-refractivity contribution in [2.75, 3.05) is 0 Å². The van der Waals surface area contributed by atoms with Crippen LogP contribution in [-0.4, -0.2) is 11.8 Å². The molecular weight excluding hydrogens is 138 g/mol. The molecule has 4 aliphatic rings. The van der Waals surface area contributed by atoms with E-state index in [-0.39, 0.29) is 5.72 Å². The van der Waals surface area contributed by atoms with Gasteiger partial charge >= 0.3 is 0 Å². The molecule has 11 heavy (non-hydrogen) atoms. The maximum Gasteiger partial charge on any atom is 0.117 e. The topological polar surface area (TPSA) is 35.2 Å². The first-order valence-electron chi connectivity index (χ1n) is 4.70. The molecule has 4 rings (SSSR count). The average molecular weight is 153 g/mol. The fraction of sp³-hybridized carbons (Fsp3) is 1.00. The highest BCUT2D eigenvalue weighted by Crippen LogP contribution is 2.50. The van der Waals surface area contributed by atoms with Crippen molar-refractivity contribution in [3.05, 3.63) is 0 Å². The van der Waals surface area contributed by atoms with Gasteiger partial charge in [-0.15, -0.1) is 0 Å². The first-order chi connectivity index (χ1) is 5.23. The molecule has 0 aromatic heterocycles. The van der Waals surface area contributed by atoms with Crippen molar-refractivity contribution in [1.82, 2.24) is 0 Å². The van der Waals surface area contributed by atoms with Gasteiger partial charge in [0.05, 0.1) is 6.10 Å². The van der Waals surface area contributed by atoms with Crippen LogP contribution in [0.4, 0.5) is 0 Å². The van der Waals surface area contributed by atoms with E-state index in [9.17, 15) is 0 Å². The third-order valence-corrected chi connectivity index (χ3v) is 3.53. The summed E-state index contributed by atoms with van der Waals surface area (Å²) >= 11 is 0. The van der Waals surface area contributed by atoms with Crippen molar-refractivity contribution >= 4 is 0 Å². The lowest BCUT2D eigenvalue weighted by Gasteiger charge is -2.54. The molecule has 0 spiro atoms. The normalized spacial score (nSPS) is 60.3. The van der Waals surface area contributed by atoms with Crippen molar-refractivity contribution in [3.8, 4) is 0 Å². The van der Waals surface area contributed by atoms with Crippen LogP contribution < -0.4 is 5.73 Å². The Morgan fingerprint density at radius 1 is 1.09 bits per heavy atom. The first-order valence-corrected chi connectivity index (χ1v) is 4.70. The van der Waals surface area contributed by atoms with Crippen LogP contribution in [0.1, 0.15) is 32.1 Å². The van der Waals surface area contributed by atoms with E-state index in [1.54, 1.807) is 0 Å². The van der Waals surface area contributed by atoms with Crippen LogP contribution in [-0.2, 0) is 4.74 Å². The van der Waals surface area contributed by atoms with E-state index >= 15 is 0 Å². The molecule has 2 heterocycles. The number of hydrogen-bond acceptors (Lipinski definition) is 2. The van der Waals surface area contributed by atoms with Crippen LogP contribution in [0.3, 0.4) is 0 Å². The molecule has 2 heteroatoms. The van der Waals surface area contributed by atoms with Crippen LogP contribution in [0.25, 0.3) is 0 Å². The van der Waals surface area contributed by atoms with E-state index in [4.69, 9.17) is 10.5 Å². The van der Waals surface area contributed by atoms with Crippen LogP contribution in [0, 0.1) is 11.8 Å². The van der Waals surface area contributed by atoms with E-state index in [1.807, 2.05) is 0 Å². The minimum atomic E-state index is -0.200. The zero-order valence-electron chi connectivity index (χ0n) is 6.75. The summed E-state index contributed by atoms with van der Waals surface area (Å²) in [7, 11) is 0. The maximum absolute atomic E-state index is 6.10. The minimum absolute atomic E-state index is 0.200. The molecule has 2 N–H and O–H groups in total. The zero-order chi connectivity index (χ0) is 7.47. The van der Waals surface area contributed by atoms with Gasteiger partial charge < -0.3 is 10.5 Å². The molecule has 0 aromatic carbocycles. The third kappa shape index (κ3) is 0.859. The van der Waals surface area contributed by atoms with E-state index in [2.05, 4.69) is 0 Å². The molecule has 2 nitrogen and oxygen atoms in total. The molecule has 2 saturated heterocycles. The second-order valence-electron chi connectivity index (χ2n) is 4.65. The van der Waals surface area contributed by atoms with Crippen molar-refractivity contribution in [1.29, 1.82) is 0 Å². The van der Waals surface area contributed by atoms with Crippen molar-refractivity contribution in [2.45, 2.75) is 43.9 Å². The Balaban J connectivity index is 1.94. The molecule has 4 atom stereocenters. The van der Waals surface area contributed by atoms with Gasteiger partial charge in [0.25, 0.3) is 0 Å². The smallest absolute Gasteiger partial charge is 0.117 e. The lowest BCUT2D eigenvalue weighted by atomic mass is 9.65. The Hall–Kier alpha value is -0.0800. The molecular formula is C9H15NO. The van der Waals surface area contributed by atoms with Gasteiger partial charge in [-0.25, -0.2) is 0 Å². The van der Waals surface area contributed by atoms with Gasteiger partial charge in [-0.2, -0.15) is 0 Å². The fourth-order valence-corrected chi connectivity index (χ4v) is 3.42. The minimum Gasteiger partial charge on any atom is -0.358 e. The summed E-state index contributed by atoms with van der Waals surface area (Å²) in [5.41, 5.74) is 5.90. The largest absolute Gasteiger partial charge is 0.358 e. The molecule has 0 aromatic rings. The number of nitrogens with two attached hydrogens (primary N) is 1. The molecule has 2 aliphatic heterocycles. The van der Waals surface area contributed by atoms with Crippen molar-refractivity contribution in [3.63, 3.8) is 0 Å². The summed E-state index contributed by atoms with van der Waals surface area (Å²) in [5, 5.41) is 0. The summed E-state index contributed by atoms with van der Waals surface area (Å²) in [6, 6.07) is 0. The molecule has 0 amide bonds. The van der Waals surface area contributed by atoms with Gasteiger partial charge in [-0.05, 0) is 43.9 Å². The highest BCUT2D eigenvalue weighted by Gasteiger charge is 2.49. The Labute approximate surface area is 67.1 Å². The summed E-state index contributed by atoms with van der Waals surface area (Å²) in [6.45, 7) is 0. The predicted octanol–water partition coefficient (Wildman–Crippen LogP) is 1.25.